The molecule has 0 saturated heterocycles. The van der Waals surface area contributed by atoms with Crippen LogP contribution in [0.4, 0.5) is 0 Å². The normalized spacial score (nSPS) is 25.4. The topological polar surface area (TPSA) is 18.5 Å². The lowest BCUT2D eigenvalue weighted by Gasteiger charge is -2.40. The molecular formula is C20H32O2Si. The maximum absolute atomic E-state index is 6.61. The zero-order valence-corrected chi connectivity index (χ0v) is 16.3. The van der Waals surface area contributed by atoms with Gasteiger partial charge < -0.3 is 8.85 Å². The van der Waals surface area contributed by atoms with E-state index in [0.717, 1.165) is 23.7 Å². The Kier molecular flexibility index (Phi) is 6.10. The van der Waals surface area contributed by atoms with Crippen LogP contribution in [0, 0.1) is 17.8 Å². The van der Waals surface area contributed by atoms with Crippen LogP contribution in [0.25, 0.3) is 6.08 Å². The van der Waals surface area contributed by atoms with Crippen LogP contribution in [0.2, 0.25) is 13.1 Å². The van der Waals surface area contributed by atoms with Gasteiger partial charge in [-0.15, -0.1) is 0 Å². The van der Waals surface area contributed by atoms with E-state index in [1.807, 2.05) is 30.3 Å². The van der Waals surface area contributed by atoms with E-state index in [2.05, 4.69) is 40.4 Å². The number of hydrogen-bond donors (Lipinski definition) is 0. The largest absolute Gasteiger partial charge is 0.520 e. The third-order valence-corrected chi connectivity index (χ3v) is 6.47. The minimum Gasteiger partial charge on any atom is -0.520 e. The SMILES string of the molecule is C=Cc1ccccc1O[Si](C)(C)O[C@H]1C[C@@H](C)CC[C@@H]1C(C)C. The van der Waals surface area contributed by atoms with Gasteiger partial charge in [0.2, 0.25) is 0 Å². The molecular weight excluding hydrogens is 300 g/mol. The van der Waals surface area contributed by atoms with Gasteiger partial charge in [0.1, 0.15) is 5.75 Å². The molecule has 0 aliphatic heterocycles. The molecule has 2 rings (SSSR count). The lowest BCUT2D eigenvalue weighted by atomic mass is 9.75. The molecule has 1 aromatic carbocycles. The Morgan fingerprint density at radius 1 is 1.22 bits per heavy atom. The highest BCUT2D eigenvalue weighted by Crippen LogP contribution is 2.37. The van der Waals surface area contributed by atoms with Gasteiger partial charge in [-0.1, -0.05) is 58.0 Å². The minimum absolute atomic E-state index is 0.330. The fourth-order valence-corrected chi connectivity index (χ4v) is 5.41. The summed E-state index contributed by atoms with van der Waals surface area (Å²) in [6.45, 7) is 15.2. The lowest BCUT2D eigenvalue weighted by molar-refractivity contribution is 0.0266. The van der Waals surface area contributed by atoms with Crippen LogP contribution >= 0.6 is 0 Å². The molecule has 0 heterocycles. The molecule has 23 heavy (non-hydrogen) atoms. The molecule has 0 aromatic heterocycles. The molecule has 0 unspecified atom stereocenters. The van der Waals surface area contributed by atoms with Gasteiger partial charge in [0.25, 0.3) is 0 Å². The second-order valence-corrected chi connectivity index (χ2v) is 11.0. The lowest BCUT2D eigenvalue weighted by Crippen LogP contribution is -2.47. The minimum atomic E-state index is -2.24. The summed E-state index contributed by atoms with van der Waals surface area (Å²) in [6, 6.07) is 8.06. The highest BCUT2D eigenvalue weighted by molar-refractivity contribution is 6.65. The van der Waals surface area contributed by atoms with E-state index < -0.39 is 8.56 Å². The van der Waals surface area contributed by atoms with Gasteiger partial charge in [-0.3, -0.25) is 0 Å². The zero-order chi connectivity index (χ0) is 17.0. The Hall–Kier alpha value is -1.06. The maximum atomic E-state index is 6.61. The Morgan fingerprint density at radius 3 is 2.57 bits per heavy atom. The molecule has 1 aliphatic rings. The molecule has 1 aromatic rings. The molecule has 0 bridgehead atoms. The van der Waals surface area contributed by atoms with E-state index in [1.54, 1.807) is 0 Å². The summed E-state index contributed by atoms with van der Waals surface area (Å²) in [5, 5.41) is 0. The molecule has 1 aliphatic carbocycles. The van der Waals surface area contributed by atoms with Gasteiger partial charge in [-0.2, -0.15) is 0 Å². The summed E-state index contributed by atoms with van der Waals surface area (Å²) in [6.07, 6.45) is 5.93. The van der Waals surface area contributed by atoms with Crippen LogP contribution < -0.4 is 4.43 Å². The third-order valence-electron chi connectivity index (χ3n) is 4.89. The second-order valence-electron chi connectivity index (χ2n) is 7.73. The quantitative estimate of drug-likeness (QED) is 0.605. The summed E-state index contributed by atoms with van der Waals surface area (Å²) in [5.41, 5.74) is 1.04. The van der Waals surface area contributed by atoms with E-state index in [1.165, 1.54) is 12.8 Å². The van der Waals surface area contributed by atoms with Crippen molar-refractivity contribution >= 4 is 14.6 Å². The summed E-state index contributed by atoms with van der Waals surface area (Å²) < 4.78 is 12.9. The van der Waals surface area contributed by atoms with Crippen LogP contribution in [-0.2, 0) is 4.43 Å². The summed E-state index contributed by atoms with van der Waals surface area (Å²) in [5.74, 6) is 2.96. The monoisotopic (exact) mass is 332 g/mol. The first-order valence-corrected chi connectivity index (χ1v) is 11.7. The molecule has 1 saturated carbocycles. The first kappa shape index (κ1) is 18.3. The van der Waals surface area contributed by atoms with Gasteiger partial charge in [-0.25, -0.2) is 0 Å². The van der Waals surface area contributed by atoms with E-state index in [4.69, 9.17) is 8.85 Å². The average Bonchev–Trinajstić information content (AvgIpc) is 2.46. The van der Waals surface area contributed by atoms with Crippen LogP contribution in [0.5, 0.6) is 5.75 Å². The summed E-state index contributed by atoms with van der Waals surface area (Å²) in [7, 11) is -2.24. The second kappa shape index (κ2) is 7.67. The van der Waals surface area contributed by atoms with Crippen molar-refractivity contribution < 1.29 is 8.85 Å². The van der Waals surface area contributed by atoms with Gasteiger partial charge in [0.05, 0.1) is 6.10 Å². The maximum Gasteiger partial charge on any atom is 0.392 e. The predicted molar refractivity (Wildman–Crippen MR) is 101 cm³/mol. The van der Waals surface area contributed by atoms with E-state index in [-0.39, 0.29) is 0 Å². The molecule has 0 amide bonds. The standard InChI is InChI=1S/C20H32O2Si/c1-7-17-10-8-9-11-19(17)21-23(5,6)22-20-14-16(4)12-13-18(20)15(2)3/h7-11,15-16,18,20H,1,12-14H2,2-6H3/t16-,18+,20-/m0/s1. The average molecular weight is 333 g/mol. The highest BCUT2D eigenvalue weighted by Gasteiger charge is 2.38. The molecule has 3 atom stereocenters. The fourth-order valence-electron chi connectivity index (χ4n) is 3.65. The Balaban J connectivity index is 2.10. The number of hydrogen-bond acceptors (Lipinski definition) is 2. The summed E-state index contributed by atoms with van der Waals surface area (Å²) in [4.78, 5) is 0. The Bertz CT molecular complexity index is 524. The molecule has 0 spiro atoms. The Labute approximate surface area is 143 Å². The fraction of sp³-hybridized carbons (Fsp3) is 0.600. The predicted octanol–water partition coefficient (Wildman–Crippen LogP) is 5.89. The highest BCUT2D eigenvalue weighted by atomic mass is 28.4. The van der Waals surface area contributed by atoms with Gasteiger partial charge in [-0.05, 0) is 49.8 Å². The molecule has 0 radical (unpaired) electrons. The smallest absolute Gasteiger partial charge is 0.392 e. The molecule has 128 valence electrons. The van der Waals surface area contributed by atoms with Crippen molar-refractivity contribution in [2.45, 2.75) is 59.2 Å². The van der Waals surface area contributed by atoms with Crippen LogP contribution in [0.1, 0.15) is 45.6 Å². The van der Waals surface area contributed by atoms with Crippen molar-refractivity contribution in [2.75, 3.05) is 0 Å². The van der Waals surface area contributed by atoms with Gasteiger partial charge in [0.15, 0.2) is 0 Å². The number of benzene rings is 1. The van der Waals surface area contributed by atoms with E-state index in [0.29, 0.717) is 17.9 Å². The van der Waals surface area contributed by atoms with Crippen LogP contribution in [0.3, 0.4) is 0 Å². The summed E-state index contributed by atoms with van der Waals surface area (Å²) >= 11 is 0. The van der Waals surface area contributed by atoms with Gasteiger partial charge in [0, 0.05) is 5.56 Å². The van der Waals surface area contributed by atoms with Crippen molar-refractivity contribution in [2.24, 2.45) is 17.8 Å². The van der Waals surface area contributed by atoms with Gasteiger partial charge >= 0.3 is 8.56 Å². The van der Waals surface area contributed by atoms with Crippen LogP contribution in [0.15, 0.2) is 30.8 Å². The first-order valence-electron chi connectivity index (χ1n) is 8.90. The molecule has 0 N–H and O–H groups in total. The molecule has 2 nitrogen and oxygen atoms in total. The molecule has 1 fully saturated rings. The van der Waals surface area contributed by atoms with Crippen molar-refractivity contribution in [3.8, 4) is 5.75 Å². The van der Waals surface area contributed by atoms with E-state index >= 15 is 0 Å². The Morgan fingerprint density at radius 2 is 1.91 bits per heavy atom. The first-order chi connectivity index (χ1) is 10.8. The van der Waals surface area contributed by atoms with Crippen LogP contribution in [-0.4, -0.2) is 14.7 Å². The van der Waals surface area contributed by atoms with Crippen molar-refractivity contribution in [3.63, 3.8) is 0 Å². The third kappa shape index (κ3) is 4.95. The van der Waals surface area contributed by atoms with Crippen molar-refractivity contribution in [3.05, 3.63) is 36.4 Å². The van der Waals surface area contributed by atoms with Crippen molar-refractivity contribution in [1.82, 2.24) is 0 Å². The molecule has 3 heteroatoms. The van der Waals surface area contributed by atoms with E-state index in [9.17, 15) is 0 Å². The van der Waals surface area contributed by atoms with Crippen molar-refractivity contribution in [1.29, 1.82) is 0 Å². The zero-order valence-electron chi connectivity index (χ0n) is 15.3. The number of para-hydroxylation sites is 1. The number of rotatable bonds is 6.